The molecule has 0 radical (unpaired) electrons. The van der Waals surface area contributed by atoms with Gasteiger partial charge >= 0.3 is 0 Å². The molecule has 2 aromatic rings. The topological polar surface area (TPSA) is 47.0 Å². The molecule has 0 atom stereocenters. The van der Waals surface area contributed by atoms with Crippen LogP contribution in [0.3, 0.4) is 0 Å². The Morgan fingerprint density at radius 2 is 2.00 bits per heavy atom. The van der Waals surface area contributed by atoms with Crippen molar-refractivity contribution in [1.82, 2.24) is 15.5 Å². The quantitative estimate of drug-likeness (QED) is 0.910. The molecular weight excluding hydrogens is 257 g/mol. The standard InChI is InChI=1S/C15H18FN3O/c1-10(2)17-9-12-4-7-15(19-18-12)20-13-5-6-14(16)11(3)8-13/h4-8,10,17H,9H2,1-3H3. The minimum atomic E-state index is -0.251. The van der Waals surface area contributed by atoms with Crippen molar-refractivity contribution in [2.45, 2.75) is 33.4 Å². The highest BCUT2D eigenvalue weighted by atomic mass is 19.1. The fraction of sp³-hybridized carbons (Fsp3) is 0.333. The van der Waals surface area contributed by atoms with Crippen LogP contribution in [0.5, 0.6) is 11.6 Å². The maximum atomic E-state index is 13.1. The molecule has 0 aliphatic carbocycles. The minimum absolute atomic E-state index is 0.251. The molecule has 0 unspecified atom stereocenters. The molecule has 20 heavy (non-hydrogen) atoms. The van der Waals surface area contributed by atoms with Crippen LogP contribution in [0, 0.1) is 12.7 Å². The van der Waals surface area contributed by atoms with E-state index >= 15 is 0 Å². The molecule has 4 nitrogen and oxygen atoms in total. The number of hydrogen-bond acceptors (Lipinski definition) is 4. The number of nitrogens with zero attached hydrogens (tertiary/aromatic N) is 2. The van der Waals surface area contributed by atoms with Gasteiger partial charge in [-0.3, -0.25) is 0 Å². The summed E-state index contributed by atoms with van der Waals surface area (Å²) in [5.74, 6) is 0.689. The Morgan fingerprint density at radius 3 is 2.60 bits per heavy atom. The second-order valence-corrected chi connectivity index (χ2v) is 4.91. The lowest BCUT2D eigenvalue weighted by Crippen LogP contribution is -2.22. The lowest BCUT2D eigenvalue weighted by atomic mass is 10.2. The van der Waals surface area contributed by atoms with Crippen LogP contribution in [0.15, 0.2) is 30.3 Å². The van der Waals surface area contributed by atoms with E-state index in [2.05, 4.69) is 29.4 Å². The van der Waals surface area contributed by atoms with Crippen molar-refractivity contribution in [1.29, 1.82) is 0 Å². The maximum absolute atomic E-state index is 13.1. The Kier molecular flexibility index (Phi) is 4.63. The highest BCUT2D eigenvalue weighted by Gasteiger charge is 2.04. The summed E-state index contributed by atoms with van der Waals surface area (Å²) < 4.78 is 18.7. The molecule has 0 spiro atoms. The summed E-state index contributed by atoms with van der Waals surface area (Å²) in [6, 6.07) is 8.58. The van der Waals surface area contributed by atoms with Crippen LogP contribution in [0.25, 0.3) is 0 Å². The van der Waals surface area contributed by atoms with Crippen LogP contribution in [0.1, 0.15) is 25.1 Å². The summed E-state index contributed by atoms with van der Waals surface area (Å²) in [5.41, 5.74) is 1.38. The number of rotatable bonds is 5. The van der Waals surface area contributed by atoms with Crippen molar-refractivity contribution in [3.8, 4) is 11.6 Å². The predicted octanol–water partition coefficient (Wildman–Crippen LogP) is 3.21. The average molecular weight is 275 g/mol. The second kappa shape index (κ2) is 6.43. The fourth-order valence-electron chi connectivity index (χ4n) is 1.61. The van der Waals surface area contributed by atoms with E-state index in [1.54, 1.807) is 25.1 Å². The first kappa shape index (κ1) is 14.4. The van der Waals surface area contributed by atoms with E-state index in [9.17, 15) is 4.39 Å². The van der Waals surface area contributed by atoms with Crippen molar-refractivity contribution in [2.24, 2.45) is 0 Å². The molecule has 2 rings (SSSR count). The Bertz CT molecular complexity index is 570. The normalized spacial score (nSPS) is 10.8. The van der Waals surface area contributed by atoms with Crippen LogP contribution in [0.4, 0.5) is 4.39 Å². The first-order valence-electron chi connectivity index (χ1n) is 6.54. The third kappa shape index (κ3) is 3.99. The number of hydrogen-bond donors (Lipinski definition) is 1. The van der Waals surface area contributed by atoms with Gasteiger partial charge in [0.05, 0.1) is 5.69 Å². The van der Waals surface area contributed by atoms with Crippen LogP contribution in [-0.2, 0) is 6.54 Å². The van der Waals surface area contributed by atoms with Gasteiger partial charge in [-0.05, 0) is 36.8 Å². The Balaban J connectivity index is 2.01. The summed E-state index contributed by atoms with van der Waals surface area (Å²) >= 11 is 0. The molecule has 0 aliphatic rings. The van der Waals surface area contributed by atoms with Crippen molar-refractivity contribution >= 4 is 0 Å². The fourth-order valence-corrected chi connectivity index (χ4v) is 1.61. The summed E-state index contributed by atoms with van der Waals surface area (Å²) in [7, 11) is 0. The zero-order chi connectivity index (χ0) is 14.5. The van der Waals surface area contributed by atoms with E-state index in [4.69, 9.17) is 4.74 Å². The Hall–Kier alpha value is -2.01. The van der Waals surface area contributed by atoms with Crippen LogP contribution in [0.2, 0.25) is 0 Å². The van der Waals surface area contributed by atoms with Gasteiger partial charge in [-0.15, -0.1) is 5.10 Å². The smallest absolute Gasteiger partial charge is 0.238 e. The van der Waals surface area contributed by atoms with Gasteiger partial charge in [0.1, 0.15) is 11.6 Å². The number of ether oxygens (including phenoxy) is 1. The molecule has 1 aromatic heterocycles. The van der Waals surface area contributed by atoms with Gasteiger partial charge in [0.2, 0.25) is 5.88 Å². The van der Waals surface area contributed by atoms with Gasteiger partial charge in [-0.25, -0.2) is 4.39 Å². The Labute approximate surface area is 118 Å². The molecule has 1 aromatic carbocycles. The predicted molar refractivity (Wildman–Crippen MR) is 75.2 cm³/mol. The average Bonchev–Trinajstić information content (AvgIpc) is 2.42. The van der Waals surface area contributed by atoms with Gasteiger partial charge in [-0.1, -0.05) is 13.8 Å². The van der Waals surface area contributed by atoms with Gasteiger partial charge in [-0.2, -0.15) is 5.10 Å². The van der Waals surface area contributed by atoms with E-state index in [0.29, 0.717) is 29.8 Å². The summed E-state index contributed by atoms with van der Waals surface area (Å²) in [4.78, 5) is 0. The zero-order valence-electron chi connectivity index (χ0n) is 11.9. The van der Waals surface area contributed by atoms with E-state index in [-0.39, 0.29) is 5.82 Å². The molecule has 5 heteroatoms. The number of halogens is 1. The first-order valence-corrected chi connectivity index (χ1v) is 6.54. The van der Waals surface area contributed by atoms with Crippen molar-refractivity contribution in [2.75, 3.05) is 0 Å². The van der Waals surface area contributed by atoms with Gasteiger partial charge in [0, 0.05) is 18.7 Å². The molecule has 0 fully saturated rings. The maximum Gasteiger partial charge on any atom is 0.238 e. The van der Waals surface area contributed by atoms with Gasteiger partial charge in [0.15, 0.2) is 0 Å². The second-order valence-electron chi connectivity index (χ2n) is 4.91. The number of aryl methyl sites for hydroxylation is 1. The highest BCUT2D eigenvalue weighted by Crippen LogP contribution is 2.21. The van der Waals surface area contributed by atoms with Gasteiger partial charge < -0.3 is 10.1 Å². The van der Waals surface area contributed by atoms with E-state index in [1.807, 2.05) is 6.07 Å². The lowest BCUT2D eigenvalue weighted by molar-refractivity contribution is 0.450. The molecule has 1 heterocycles. The third-order valence-corrected chi connectivity index (χ3v) is 2.74. The van der Waals surface area contributed by atoms with E-state index in [1.165, 1.54) is 6.07 Å². The summed E-state index contributed by atoms with van der Waals surface area (Å²) in [5, 5.41) is 11.3. The molecule has 0 amide bonds. The molecular formula is C15H18FN3O. The molecule has 0 bridgehead atoms. The minimum Gasteiger partial charge on any atom is -0.438 e. The van der Waals surface area contributed by atoms with E-state index < -0.39 is 0 Å². The van der Waals surface area contributed by atoms with Crippen molar-refractivity contribution < 1.29 is 9.13 Å². The lowest BCUT2D eigenvalue weighted by Gasteiger charge is -2.08. The van der Waals surface area contributed by atoms with Crippen molar-refractivity contribution in [3.63, 3.8) is 0 Å². The summed E-state index contributed by atoms with van der Waals surface area (Å²) in [6.07, 6.45) is 0. The van der Waals surface area contributed by atoms with Gasteiger partial charge in [0.25, 0.3) is 0 Å². The van der Waals surface area contributed by atoms with Crippen LogP contribution >= 0.6 is 0 Å². The molecule has 0 saturated carbocycles. The third-order valence-electron chi connectivity index (χ3n) is 2.74. The molecule has 1 N–H and O–H groups in total. The summed E-state index contributed by atoms with van der Waals surface area (Å²) in [6.45, 7) is 6.50. The SMILES string of the molecule is Cc1cc(Oc2ccc(CNC(C)C)nn2)ccc1F. The number of nitrogens with one attached hydrogen (secondary N) is 1. The number of aromatic nitrogens is 2. The molecule has 0 aliphatic heterocycles. The first-order chi connectivity index (χ1) is 9.54. The van der Waals surface area contributed by atoms with Crippen LogP contribution in [-0.4, -0.2) is 16.2 Å². The number of benzene rings is 1. The van der Waals surface area contributed by atoms with Crippen LogP contribution < -0.4 is 10.1 Å². The zero-order valence-corrected chi connectivity index (χ0v) is 11.9. The molecule has 106 valence electrons. The van der Waals surface area contributed by atoms with E-state index in [0.717, 1.165) is 5.69 Å². The Morgan fingerprint density at radius 1 is 1.20 bits per heavy atom. The largest absolute Gasteiger partial charge is 0.438 e. The van der Waals surface area contributed by atoms with Crippen molar-refractivity contribution in [3.05, 3.63) is 47.4 Å². The monoisotopic (exact) mass is 275 g/mol. The highest BCUT2D eigenvalue weighted by molar-refractivity contribution is 5.31. The molecule has 0 saturated heterocycles.